The number of hydrogen-bond donors (Lipinski definition) is 2. The molecule has 0 fully saturated rings. The maximum absolute atomic E-state index is 11.4. The number of ketones is 1. The number of benzene rings is 1. The van der Waals surface area contributed by atoms with Crippen molar-refractivity contribution in [3.05, 3.63) is 35.0 Å². The second-order valence-electron chi connectivity index (χ2n) is 3.79. The number of aryl methyl sites for hydroxylation is 1. The first-order valence-electron chi connectivity index (χ1n) is 4.95. The van der Waals surface area contributed by atoms with E-state index in [9.17, 15) is 4.79 Å². The maximum atomic E-state index is 11.4. The summed E-state index contributed by atoms with van der Waals surface area (Å²) in [6.07, 6.45) is 0. The Hall–Kier alpha value is -1.61. The Balaban J connectivity index is 2.79. The monoisotopic (exact) mass is 202 g/mol. The van der Waals surface area contributed by atoms with Gasteiger partial charge in [-0.1, -0.05) is 11.6 Å². The summed E-state index contributed by atoms with van der Waals surface area (Å²) in [4.78, 5) is 14.5. The van der Waals surface area contributed by atoms with Crippen LogP contribution in [-0.2, 0) is 6.54 Å². The quantitative estimate of drug-likeness (QED) is 0.733. The summed E-state index contributed by atoms with van der Waals surface area (Å²) in [5.74, 6) is 0.0318. The van der Waals surface area contributed by atoms with Crippen LogP contribution in [0.3, 0.4) is 0 Å². The van der Waals surface area contributed by atoms with Crippen molar-refractivity contribution in [1.82, 2.24) is 4.98 Å². The Morgan fingerprint density at radius 1 is 1.47 bits per heavy atom. The topological polar surface area (TPSA) is 58.9 Å². The molecule has 0 atom stereocenters. The van der Waals surface area contributed by atoms with Gasteiger partial charge in [0.1, 0.15) is 0 Å². The average molecular weight is 202 g/mol. The predicted octanol–water partition coefficient (Wildman–Crippen LogP) is 2.14. The number of carbonyl (C=O) groups excluding carboxylic acids is 1. The van der Waals surface area contributed by atoms with Crippen molar-refractivity contribution in [1.29, 1.82) is 0 Å². The number of nitrogens with one attached hydrogen (secondary N) is 1. The third kappa shape index (κ3) is 1.55. The van der Waals surface area contributed by atoms with Crippen molar-refractivity contribution in [3.63, 3.8) is 0 Å². The molecule has 0 bridgehead atoms. The van der Waals surface area contributed by atoms with Gasteiger partial charge in [0.15, 0.2) is 5.78 Å². The molecule has 0 aliphatic heterocycles. The second-order valence-corrected chi connectivity index (χ2v) is 3.79. The summed E-state index contributed by atoms with van der Waals surface area (Å²) < 4.78 is 0. The van der Waals surface area contributed by atoms with E-state index >= 15 is 0 Å². The van der Waals surface area contributed by atoms with Gasteiger partial charge in [-0.3, -0.25) is 4.79 Å². The molecule has 0 unspecified atom stereocenters. The summed E-state index contributed by atoms with van der Waals surface area (Å²) in [6.45, 7) is 3.97. The molecule has 78 valence electrons. The average Bonchev–Trinajstić information content (AvgIpc) is 2.55. The van der Waals surface area contributed by atoms with Crippen LogP contribution in [0.2, 0.25) is 0 Å². The van der Waals surface area contributed by atoms with E-state index in [4.69, 9.17) is 5.73 Å². The second kappa shape index (κ2) is 3.51. The zero-order valence-corrected chi connectivity index (χ0v) is 8.92. The van der Waals surface area contributed by atoms with Gasteiger partial charge in [0, 0.05) is 29.9 Å². The highest BCUT2D eigenvalue weighted by atomic mass is 16.1. The van der Waals surface area contributed by atoms with Crippen molar-refractivity contribution in [2.45, 2.75) is 20.4 Å². The van der Waals surface area contributed by atoms with Gasteiger partial charge in [-0.05, 0) is 19.1 Å². The first-order valence-corrected chi connectivity index (χ1v) is 4.95. The third-order valence-electron chi connectivity index (χ3n) is 2.62. The van der Waals surface area contributed by atoms with Gasteiger partial charge in [0.25, 0.3) is 0 Å². The molecule has 1 aromatic heterocycles. The van der Waals surface area contributed by atoms with Gasteiger partial charge in [-0.25, -0.2) is 0 Å². The van der Waals surface area contributed by atoms with Gasteiger partial charge < -0.3 is 10.7 Å². The van der Waals surface area contributed by atoms with Crippen LogP contribution in [-0.4, -0.2) is 10.8 Å². The molecule has 3 heteroatoms. The number of nitrogens with two attached hydrogens (primary N) is 1. The number of aromatic amines is 1. The fourth-order valence-electron chi connectivity index (χ4n) is 1.87. The van der Waals surface area contributed by atoms with Crippen LogP contribution in [0.1, 0.15) is 28.5 Å². The zero-order chi connectivity index (χ0) is 11.0. The molecule has 15 heavy (non-hydrogen) atoms. The van der Waals surface area contributed by atoms with E-state index in [1.54, 1.807) is 6.92 Å². The molecule has 0 spiro atoms. The smallest absolute Gasteiger partial charge is 0.176 e. The summed E-state index contributed by atoms with van der Waals surface area (Å²) in [7, 11) is 0. The van der Waals surface area contributed by atoms with Crippen LogP contribution < -0.4 is 5.73 Å². The maximum Gasteiger partial charge on any atom is 0.176 e. The minimum absolute atomic E-state index is 0.0318. The fraction of sp³-hybridized carbons (Fsp3) is 0.250. The zero-order valence-electron chi connectivity index (χ0n) is 8.92. The highest BCUT2D eigenvalue weighted by molar-refractivity contribution is 6.01. The highest BCUT2D eigenvalue weighted by Gasteiger charge is 2.12. The molecule has 0 amide bonds. The minimum Gasteiger partial charge on any atom is -0.352 e. The van der Waals surface area contributed by atoms with E-state index in [0.29, 0.717) is 12.2 Å². The molecule has 0 saturated heterocycles. The van der Waals surface area contributed by atoms with E-state index in [-0.39, 0.29) is 5.78 Å². The van der Waals surface area contributed by atoms with E-state index in [2.05, 4.69) is 11.1 Å². The van der Waals surface area contributed by atoms with Crippen molar-refractivity contribution in [2.75, 3.05) is 0 Å². The summed E-state index contributed by atoms with van der Waals surface area (Å²) in [5.41, 5.74) is 9.38. The standard InChI is InChI=1S/C12H14N2O/c1-7-3-4-11-9(5-7)10(6-13)12(14-11)8(2)15/h3-5,14H,6,13H2,1-2H3. The fourth-order valence-corrected chi connectivity index (χ4v) is 1.87. The number of carbonyl (C=O) groups is 1. The summed E-state index contributed by atoms with van der Waals surface area (Å²) in [5, 5.41) is 1.06. The highest BCUT2D eigenvalue weighted by Crippen LogP contribution is 2.23. The van der Waals surface area contributed by atoms with Gasteiger partial charge in [-0.2, -0.15) is 0 Å². The number of Topliss-reactive ketones (excluding diaryl/α,β-unsaturated/α-hetero) is 1. The Kier molecular flexibility index (Phi) is 2.32. The third-order valence-corrected chi connectivity index (χ3v) is 2.62. The van der Waals surface area contributed by atoms with Crippen LogP contribution >= 0.6 is 0 Å². The van der Waals surface area contributed by atoms with Crippen LogP contribution in [0.5, 0.6) is 0 Å². The molecule has 3 N–H and O–H groups in total. The lowest BCUT2D eigenvalue weighted by molar-refractivity contribution is 0.101. The number of aromatic nitrogens is 1. The lowest BCUT2D eigenvalue weighted by Gasteiger charge is -1.97. The van der Waals surface area contributed by atoms with Gasteiger partial charge in [-0.15, -0.1) is 0 Å². The molecule has 0 saturated carbocycles. The minimum atomic E-state index is 0.0318. The van der Waals surface area contributed by atoms with Gasteiger partial charge in [0.2, 0.25) is 0 Å². The largest absolute Gasteiger partial charge is 0.352 e. The molecular weight excluding hydrogens is 188 g/mol. The predicted molar refractivity (Wildman–Crippen MR) is 60.9 cm³/mol. The van der Waals surface area contributed by atoms with Crippen molar-refractivity contribution in [2.24, 2.45) is 5.73 Å². The van der Waals surface area contributed by atoms with E-state index in [1.165, 1.54) is 5.56 Å². The molecule has 1 aromatic carbocycles. The Morgan fingerprint density at radius 3 is 2.80 bits per heavy atom. The normalized spacial score (nSPS) is 10.9. The van der Waals surface area contributed by atoms with Gasteiger partial charge in [0.05, 0.1) is 5.69 Å². The van der Waals surface area contributed by atoms with Crippen LogP contribution in [0.15, 0.2) is 18.2 Å². The molecule has 2 rings (SSSR count). The van der Waals surface area contributed by atoms with Gasteiger partial charge >= 0.3 is 0 Å². The van der Waals surface area contributed by atoms with E-state index < -0.39 is 0 Å². The lowest BCUT2D eigenvalue weighted by atomic mass is 10.1. The Morgan fingerprint density at radius 2 is 2.20 bits per heavy atom. The van der Waals surface area contributed by atoms with Crippen molar-refractivity contribution in [3.8, 4) is 0 Å². The Bertz CT molecular complexity index is 526. The number of rotatable bonds is 2. The van der Waals surface area contributed by atoms with Crippen LogP contribution in [0.4, 0.5) is 0 Å². The Labute approximate surface area is 88.3 Å². The molecular formula is C12H14N2O. The SMILES string of the molecule is CC(=O)c1[nH]c2ccc(C)cc2c1CN. The molecule has 0 radical (unpaired) electrons. The van der Waals surface area contributed by atoms with E-state index in [1.807, 2.05) is 19.1 Å². The molecule has 3 nitrogen and oxygen atoms in total. The first-order chi connectivity index (χ1) is 7.13. The first kappa shape index (κ1) is 9.93. The summed E-state index contributed by atoms with van der Waals surface area (Å²) in [6, 6.07) is 6.06. The number of hydrogen-bond acceptors (Lipinski definition) is 2. The lowest BCUT2D eigenvalue weighted by Crippen LogP contribution is -2.03. The van der Waals surface area contributed by atoms with Crippen LogP contribution in [0, 0.1) is 6.92 Å². The summed E-state index contributed by atoms with van der Waals surface area (Å²) >= 11 is 0. The molecule has 0 aliphatic carbocycles. The number of H-pyrrole nitrogens is 1. The van der Waals surface area contributed by atoms with Crippen LogP contribution in [0.25, 0.3) is 10.9 Å². The molecule has 1 heterocycles. The van der Waals surface area contributed by atoms with Crippen molar-refractivity contribution >= 4 is 16.7 Å². The number of fused-ring (bicyclic) bond motifs is 1. The van der Waals surface area contributed by atoms with Crippen molar-refractivity contribution < 1.29 is 4.79 Å². The molecule has 0 aliphatic rings. The van der Waals surface area contributed by atoms with E-state index in [0.717, 1.165) is 16.5 Å². The molecule has 2 aromatic rings.